The lowest BCUT2D eigenvalue weighted by molar-refractivity contribution is 0.447. The summed E-state index contributed by atoms with van der Waals surface area (Å²) in [6.45, 7) is 12.0. The van der Waals surface area contributed by atoms with E-state index in [9.17, 15) is 4.39 Å². The van der Waals surface area contributed by atoms with E-state index in [1.807, 2.05) is 13.0 Å². The van der Waals surface area contributed by atoms with Gasteiger partial charge in [0.1, 0.15) is 10.8 Å². The minimum Gasteiger partial charge on any atom is -0.436 e. The van der Waals surface area contributed by atoms with Crippen molar-refractivity contribution in [3.63, 3.8) is 0 Å². The fourth-order valence-electron chi connectivity index (χ4n) is 2.32. The molecule has 0 atom stereocenters. The maximum absolute atomic E-state index is 14.1. The first-order chi connectivity index (χ1) is 12.4. The van der Waals surface area contributed by atoms with Crippen molar-refractivity contribution in [3.8, 4) is 11.6 Å². The van der Waals surface area contributed by atoms with E-state index in [1.165, 1.54) is 6.07 Å². The van der Waals surface area contributed by atoms with Crippen molar-refractivity contribution in [1.29, 1.82) is 0 Å². The van der Waals surface area contributed by atoms with Gasteiger partial charge in [-0.2, -0.15) is 0 Å². The van der Waals surface area contributed by atoms with Crippen LogP contribution >= 0.6 is 11.6 Å². The van der Waals surface area contributed by atoms with Gasteiger partial charge in [-0.05, 0) is 43.9 Å². The first-order valence-electron chi connectivity index (χ1n) is 8.74. The van der Waals surface area contributed by atoms with Crippen LogP contribution in [0.1, 0.15) is 44.5 Å². The molecule has 3 nitrogen and oxygen atoms in total. The second-order valence-electron chi connectivity index (χ2n) is 6.14. The highest BCUT2D eigenvalue weighted by Gasteiger charge is 2.15. The van der Waals surface area contributed by atoms with Crippen LogP contribution in [0.2, 0.25) is 5.02 Å². The lowest BCUT2D eigenvalue weighted by Gasteiger charge is -2.13. The maximum Gasteiger partial charge on any atom is 0.238 e. The number of allylic oxidation sites excluding steroid dienone is 2. The van der Waals surface area contributed by atoms with Crippen LogP contribution in [0.25, 0.3) is 0 Å². The predicted molar refractivity (Wildman–Crippen MR) is 104 cm³/mol. The first kappa shape index (κ1) is 20.1. The molecule has 2 rings (SSSR count). The van der Waals surface area contributed by atoms with Crippen LogP contribution in [-0.4, -0.2) is 9.97 Å². The van der Waals surface area contributed by atoms with Gasteiger partial charge in [0.25, 0.3) is 0 Å². The Labute approximate surface area is 159 Å². The van der Waals surface area contributed by atoms with Crippen molar-refractivity contribution in [2.75, 3.05) is 0 Å². The molecule has 2 aromatic heterocycles. The van der Waals surface area contributed by atoms with Crippen LogP contribution < -0.4 is 4.74 Å². The van der Waals surface area contributed by atoms with Gasteiger partial charge in [-0.1, -0.05) is 49.8 Å². The summed E-state index contributed by atoms with van der Waals surface area (Å²) in [5.41, 5.74) is 3.12. The number of pyridine rings is 2. The van der Waals surface area contributed by atoms with Crippen molar-refractivity contribution in [1.82, 2.24) is 9.97 Å². The molecule has 0 aliphatic carbocycles. The van der Waals surface area contributed by atoms with Crippen molar-refractivity contribution in [2.24, 2.45) is 0 Å². The standard InChI is InChI=1S/C21H24ClFN2O/c1-5-14(3)9-10-18-20(8-7-11-24-18)26-21-16(22)13-17(23)19(25-21)12-15(4)6-2/h7-8,11,13H,3-6,9-10,12H2,1-2H3. The highest BCUT2D eigenvalue weighted by Crippen LogP contribution is 2.31. The molecule has 2 aromatic rings. The zero-order valence-corrected chi connectivity index (χ0v) is 16.1. The molecule has 0 amide bonds. The Morgan fingerprint density at radius 2 is 1.92 bits per heavy atom. The summed E-state index contributed by atoms with van der Waals surface area (Å²) in [7, 11) is 0. The number of hydrogen-bond acceptors (Lipinski definition) is 3. The third-order valence-corrected chi connectivity index (χ3v) is 4.43. The number of halogens is 2. The molecule has 5 heteroatoms. The summed E-state index contributed by atoms with van der Waals surface area (Å²) in [4.78, 5) is 8.66. The van der Waals surface area contributed by atoms with Crippen LogP contribution in [0, 0.1) is 5.82 Å². The fraction of sp³-hybridized carbons (Fsp3) is 0.333. The number of aromatic nitrogens is 2. The largest absolute Gasteiger partial charge is 0.436 e. The lowest BCUT2D eigenvalue weighted by Crippen LogP contribution is -2.02. The second kappa shape index (κ2) is 9.48. The van der Waals surface area contributed by atoms with Crippen molar-refractivity contribution < 1.29 is 9.13 Å². The smallest absolute Gasteiger partial charge is 0.238 e. The number of hydrogen-bond donors (Lipinski definition) is 0. The molecule has 0 unspecified atom stereocenters. The van der Waals surface area contributed by atoms with E-state index >= 15 is 0 Å². The topological polar surface area (TPSA) is 35.0 Å². The predicted octanol–water partition coefficient (Wildman–Crippen LogP) is 6.47. The van der Waals surface area contributed by atoms with Gasteiger partial charge in [-0.3, -0.25) is 4.98 Å². The average molecular weight is 375 g/mol. The molecule has 0 saturated heterocycles. The van der Waals surface area contributed by atoms with Gasteiger partial charge in [0.15, 0.2) is 5.75 Å². The van der Waals surface area contributed by atoms with Gasteiger partial charge in [0.2, 0.25) is 5.88 Å². The number of aryl methyl sites for hydroxylation is 1. The highest BCUT2D eigenvalue weighted by atomic mass is 35.5. The molecule has 26 heavy (non-hydrogen) atoms. The Hall–Kier alpha value is -2.20. The third kappa shape index (κ3) is 5.40. The SMILES string of the molecule is C=C(CC)CCc1ncccc1Oc1nc(CC(=C)CC)c(F)cc1Cl. The van der Waals surface area contributed by atoms with E-state index in [2.05, 4.69) is 30.0 Å². The number of rotatable bonds is 9. The van der Waals surface area contributed by atoms with E-state index in [4.69, 9.17) is 16.3 Å². The van der Waals surface area contributed by atoms with Crippen molar-refractivity contribution >= 4 is 11.6 Å². The summed E-state index contributed by atoms with van der Waals surface area (Å²) in [5.74, 6) is 0.288. The van der Waals surface area contributed by atoms with Gasteiger partial charge >= 0.3 is 0 Å². The summed E-state index contributed by atoms with van der Waals surface area (Å²) in [6, 6.07) is 4.82. The zero-order chi connectivity index (χ0) is 19.1. The summed E-state index contributed by atoms with van der Waals surface area (Å²) in [6.07, 6.45) is 5.30. The highest BCUT2D eigenvalue weighted by molar-refractivity contribution is 6.31. The average Bonchev–Trinajstić information content (AvgIpc) is 2.64. The molecule has 0 bridgehead atoms. The Bertz CT molecular complexity index is 805. The van der Waals surface area contributed by atoms with Gasteiger partial charge in [0, 0.05) is 12.6 Å². The molecule has 0 aromatic carbocycles. The summed E-state index contributed by atoms with van der Waals surface area (Å²) < 4.78 is 20.0. The third-order valence-electron chi connectivity index (χ3n) is 4.16. The Balaban J connectivity index is 2.26. The normalized spacial score (nSPS) is 10.6. The molecule has 0 aliphatic rings. The van der Waals surface area contributed by atoms with Crippen LogP contribution in [0.5, 0.6) is 11.6 Å². The van der Waals surface area contributed by atoms with Gasteiger partial charge in [-0.15, -0.1) is 0 Å². The fourth-order valence-corrected chi connectivity index (χ4v) is 2.50. The molecule has 2 heterocycles. The Morgan fingerprint density at radius 3 is 2.62 bits per heavy atom. The van der Waals surface area contributed by atoms with Crippen LogP contribution in [-0.2, 0) is 12.8 Å². The molecule has 0 N–H and O–H groups in total. The zero-order valence-electron chi connectivity index (χ0n) is 15.3. The molecule has 0 aliphatic heterocycles. The first-order valence-corrected chi connectivity index (χ1v) is 9.12. The Kier molecular flexibility index (Phi) is 7.34. The van der Waals surface area contributed by atoms with Crippen LogP contribution in [0.4, 0.5) is 4.39 Å². The number of ether oxygens (including phenoxy) is 1. The van der Waals surface area contributed by atoms with Crippen molar-refractivity contribution in [3.05, 3.63) is 70.9 Å². The molecular weight excluding hydrogens is 351 g/mol. The van der Waals surface area contributed by atoms with E-state index in [-0.39, 0.29) is 16.6 Å². The van der Waals surface area contributed by atoms with Crippen molar-refractivity contribution in [2.45, 2.75) is 46.0 Å². The van der Waals surface area contributed by atoms with Gasteiger partial charge in [0.05, 0.1) is 11.4 Å². The summed E-state index contributed by atoms with van der Waals surface area (Å²) >= 11 is 6.14. The van der Waals surface area contributed by atoms with Crippen LogP contribution in [0.3, 0.4) is 0 Å². The minimum absolute atomic E-state index is 0.126. The van der Waals surface area contributed by atoms with Gasteiger partial charge in [-0.25, -0.2) is 9.37 Å². The minimum atomic E-state index is -0.456. The quantitative estimate of drug-likeness (QED) is 0.472. The van der Waals surface area contributed by atoms with E-state index in [0.717, 1.165) is 36.1 Å². The summed E-state index contributed by atoms with van der Waals surface area (Å²) in [5, 5.41) is 0.126. The molecule has 0 spiro atoms. The van der Waals surface area contributed by atoms with Gasteiger partial charge < -0.3 is 4.74 Å². The number of nitrogens with zero attached hydrogens (tertiary/aromatic N) is 2. The molecular formula is C21H24ClFN2O. The molecule has 0 saturated carbocycles. The van der Waals surface area contributed by atoms with E-state index < -0.39 is 5.82 Å². The molecule has 0 fully saturated rings. The van der Waals surface area contributed by atoms with E-state index in [0.29, 0.717) is 18.6 Å². The lowest BCUT2D eigenvalue weighted by atomic mass is 10.1. The monoisotopic (exact) mass is 374 g/mol. The maximum atomic E-state index is 14.1. The molecule has 0 radical (unpaired) electrons. The van der Waals surface area contributed by atoms with Crippen LogP contribution in [0.15, 0.2) is 48.7 Å². The second-order valence-corrected chi connectivity index (χ2v) is 6.55. The molecule has 138 valence electrons. The Morgan fingerprint density at radius 1 is 1.19 bits per heavy atom. The van der Waals surface area contributed by atoms with E-state index in [1.54, 1.807) is 12.3 Å².